The fraction of sp³-hybridized carbons (Fsp3) is 0.571. The van der Waals surface area contributed by atoms with Crippen LogP contribution in [-0.2, 0) is 11.3 Å². The van der Waals surface area contributed by atoms with E-state index in [9.17, 15) is 0 Å². The van der Waals surface area contributed by atoms with E-state index >= 15 is 0 Å². The first-order valence-corrected chi connectivity index (χ1v) is 6.43. The molecule has 0 spiro atoms. The molecular formula is C14H21ClO. The molecule has 0 radical (unpaired) electrons. The Kier molecular flexibility index (Phi) is 6.51. The average Bonchev–Trinajstić information content (AvgIpc) is 2.30. The van der Waals surface area contributed by atoms with Crippen molar-refractivity contribution in [2.45, 2.75) is 26.9 Å². The van der Waals surface area contributed by atoms with Gasteiger partial charge >= 0.3 is 0 Å². The van der Waals surface area contributed by atoms with Gasteiger partial charge < -0.3 is 4.74 Å². The maximum atomic E-state index is 5.79. The summed E-state index contributed by atoms with van der Waals surface area (Å²) in [5.41, 5.74) is 1.24. The van der Waals surface area contributed by atoms with E-state index in [0.29, 0.717) is 18.4 Å². The van der Waals surface area contributed by atoms with Crippen molar-refractivity contribution in [1.29, 1.82) is 0 Å². The van der Waals surface area contributed by atoms with Crippen LogP contribution < -0.4 is 0 Å². The van der Waals surface area contributed by atoms with Crippen molar-refractivity contribution in [3.63, 3.8) is 0 Å². The van der Waals surface area contributed by atoms with Crippen LogP contribution in [0.1, 0.15) is 25.8 Å². The third-order valence-electron chi connectivity index (χ3n) is 2.58. The standard InChI is InChI=1S/C14H21ClO/c1-12(9-15)8-13(2)10-16-11-14-6-4-3-5-7-14/h3-7,12-13H,8-11H2,1-2H3. The molecule has 2 unspecified atom stereocenters. The number of hydrogen-bond donors (Lipinski definition) is 0. The highest BCUT2D eigenvalue weighted by Crippen LogP contribution is 2.14. The van der Waals surface area contributed by atoms with Crippen molar-refractivity contribution in [3.05, 3.63) is 35.9 Å². The van der Waals surface area contributed by atoms with Crippen LogP contribution in [0.2, 0.25) is 0 Å². The van der Waals surface area contributed by atoms with Crippen molar-refractivity contribution in [3.8, 4) is 0 Å². The van der Waals surface area contributed by atoms with Gasteiger partial charge in [-0.15, -0.1) is 11.6 Å². The Morgan fingerprint density at radius 3 is 2.44 bits per heavy atom. The fourth-order valence-corrected chi connectivity index (χ4v) is 1.90. The van der Waals surface area contributed by atoms with Gasteiger partial charge in [0.25, 0.3) is 0 Å². The zero-order valence-electron chi connectivity index (χ0n) is 10.2. The number of alkyl halides is 1. The molecule has 0 heterocycles. The second kappa shape index (κ2) is 7.70. The molecule has 2 heteroatoms. The SMILES string of the molecule is CC(CCl)CC(C)COCc1ccccc1. The van der Waals surface area contributed by atoms with Crippen molar-refractivity contribution in [1.82, 2.24) is 0 Å². The molecule has 0 amide bonds. The highest BCUT2D eigenvalue weighted by atomic mass is 35.5. The summed E-state index contributed by atoms with van der Waals surface area (Å²) in [7, 11) is 0. The van der Waals surface area contributed by atoms with Crippen molar-refractivity contribution in [2.75, 3.05) is 12.5 Å². The van der Waals surface area contributed by atoms with E-state index in [1.807, 2.05) is 18.2 Å². The summed E-state index contributed by atoms with van der Waals surface area (Å²) < 4.78 is 5.68. The lowest BCUT2D eigenvalue weighted by Crippen LogP contribution is -2.11. The molecule has 16 heavy (non-hydrogen) atoms. The van der Waals surface area contributed by atoms with Crippen LogP contribution in [0.3, 0.4) is 0 Å². The van der Waals surface area contributed by atoms with E-state index < -0.39 is 0 Å². The number of hydrogen-bond acceptors (Lipinski definition) is 1. The molecule has 0 fully saturated rings. The highest BCUT2D eigenvalue weighted by molar-refractivity contribution is 6.18. The van der Waals surface area contributed by atoms with Crippen LogP contribution >= 0.6 is 11.6 Å². The van der Waals surface area contributed by atoms with Crippen LogP contribution in [0.25, 0.3) is 0 Å². The third kappa shape index (κ3) is 5.53. The van der Waals surface area contributed by atoms with Crippen molar-refractivity contribution in [2.24, 2.45) is 11.8 Å². The normalized spacial score (nSPS) is 14.7. The van der Waals surface area contributed by atoms with Gasteiger partial charge in [-0.2, -0.15) is 0 Å². The molecule has 0 aliphatic carbocycles. The number of benzene rings is 1. The zero-order valence-corrected chi connectivity index (χ0v) is 10.9. The van der Waals surface area contributed by atoms with Gasteiger partial charge in [0.1, 0.15) is 0 Å². The molecule has 2 atom stereocenters. The summed E-state index contributed by atoms with van der Waals surface area (Å²) in [6.45, 7) is 5.92. The van der Waals surface area contributed by atoms with E-state index in [2.05, 4.69) is 26.0 Å². The molecule has 0 aliphatic heterocycles. The van der Waals surface area contributed by atoms with Gasteiger partial charge in [-0.05, 0) is 23.8 Å². The van der Waals surface area contributed by atoms with Crippen LogP contribution in [0.5, 0.6) is 0 Å². The van der Waals surface area contributed by atoms with Gasteiger partial charge in [-0.3, -0.25) is 0 Å². The molecule has 1 aromatic carbocycles. The lowest BCUT2D eigenvalue weighted by Gasteiger charge is -2.15. The van der Waals surface area contributed by atoms with Gasteiger partial charge in [-0.1, -0.05) is 44.2 Å². The van der Waals surface area contributed by atoms with E-state index in [1.54, 1.807) is 0 Å². The summed E-state index contributed by atoms with van der Waals surface area (Å²) in [6.07, 6.45) is 1.14. The van der Waals surface area contributed by atoms with Crippen LogP contribution in [0.4, 0.5) is 0 Å². The van der Waals surface area contributed by atoms with Crippen molar-refractivity contribution < 1.29 is 4.74 Å². The first-order valence-electron chi connectivity index (χ1n) is 5.90. The molecule has 1 aromatic rings. The van der Waals surface area contributed by atoms with Gasteiger partial charge in [0.2, 0.25) is 0 Å². The lowest BCUT2D eigenvalue weighted by molar-refractivity contribution is 0.0858. The highest BCUT2D eigenvalue weighted by Gasteiger charge is 2.07. The maximum absolute atomic E-state index is 5.79. The first-order chi connectivity index (χ1) is 7.72. The van der Waals surface area contributed by atoms with Gasteiger partial charge in [0.05, 0.1) is 6.61 Å². The topological polar surface area (TPSA) is 9.23 Å². The Hall–Kier alpha value is -0.530. The minimum atomic E-state index is 0.581. The average molecular weight is 241 g/mol. The lowest BCUT2D eigenvalue weighted by atomic mass is 10.00. The Morgan fingerprint density at radius 1 is 1.12 bits per heavy atom. The Balaban J connectivity index is 2.15. The molecule has 0 bridgehead atoms. The number of ether oxygens (including phenoxy) is 1. The fourth-order valence-electron chi connectivity index (χ4n) is 1.77. The summed E-state index contributed by atoms with van der Waals surface area (Å²) in [5.74, 6) is 1.90. The predicted molar refractivity (Wildman–Crippen MR) is 69.8 cm³/mol. The quantitative estimate of drug-likeness (QED) is 0.652. The minimum Gasteiger partial charge on any atom is -0.376 e. The summed E-state index contributed by atoms with van der Waals surface area (Å²) in [5, 5.41) is 0. The largest absolute Gasteiger partial charge is 0.376 e. The van der Waals surface area contributed by atoms with Crippen LogP contribution in [-0.4, -0.2) is 12.5 Å². The second-order valence-corrected chi connectivity index (χ2v) is 4.91. The van der Waals surface area contributed by atoms with Crippen LogP contribution in [0.15, 0.2) is 30.3 Å². The summed E-state index contributed by atoms with van der Waals surface area (Å²) >= 11 is 5.79. The number of rotatable bonds is 7. The minimum absolute atomic E-state index is 0.581. The molecular weight excluding hydrogens is 220 g/mol. The van der Waals surface area contributed by atoms with Crippen LogP contribution in [0, 0.1) is 11.8 Å². The maximum Gasteiger partial charge on any atom is 0.0717 e. The second-order valence-electron chi connectivity index (χ2n) is 4.60. The van der Waals surface area contributed by atoms with E-state index in [4.69, 9.17) is 16.3 Å². The molecule has 1 rings (SSSR count). The Labute approximate surface area is 104 Å². The predicted octanol–water partition coefficient (Wildman–Crippen LogP) is 4.10. The molecule has 0 aromatic heterocycles. The van der Waals surface area contributed by atoms with Gasteiger partial charge in [-0.25, -0.2) is 0 Å². The molecule has 0 saturated carbocycles. The van der Waals surface area contributed by atoms with E-state index in [1.165, 1.54) is 5.56 Å². The zero-order chi connectivity index (χ0) is 11.8. The van der Waals surface area contributed by atoms with Gasteiger partial charge in [0.15, 0.2) is 0 Å². The monoisotopic (exact) mass is 240 g/mol. The van der Waals surface area contributed by atoms with E-state index in [-0.39, 0.29) is 0 Å². The molecule has 0 saturated heterocycles. The first kappa shape index (κ1) is 13.5. The third-order valence-corrected chi connectivity index (χ3v) is 3.11. The summed E-state index contributed by atoms with van der Waals surface area (Å²) in [6, 6.07) is 10.3. The Bertz CT molecular complexity index is 273. The molecule has 1 nitrogen and oxygen atoms in total. The molecule has 0 aliphatic rings. The Morgan fingerprint density at radius 2 is 1.81 bits per heavy atom. The molecule has 90 valence electrons. The molecule has 0 N–H and O–H groups in total. The summed E-state index contributed by atoms with van der Waals surface area (Å²) in [4.78, 5) is 0. The van der Waals surface area contributed by atoms with E-state index in [0.717, 1.165) is 18.9 Å². The number of halogens is 1. The van der Waals surface area contributed by atoms with Gasteiger partial charge in [0, 0.05) is 12.5 Å². The smallest absolute Gasteiger partial charge is 0.0717 e. The van der Waals surface area contributed by atoms with Crippen molar-refractivity contribution >= 4 is 11.6 Å².